The summed E-state index contributed by atoms with van der Waals surface area (Å²) in [6, 6.07) is 23.6. The van der Waals surface area contributed by atoms with Gasteiger partial charge in [-0.1, -0.05) is 59.6 Å². The van der Waals surface area contributed by atoms with Crippen LogP contribution in [0.25, 0.3) is 22.0 Å². The molecule has 4 aromatic rings. The summed E-state index contributed by atoms with van der Waals surface area (Å²) in [6.45, 7) is 3.09. The minimum absolute atomic E-state index is 0.0788. The van der Waals surface area contributed by atoms with Gasteiger partial charge in [0.25, 0.3) is 5.56 Å². The number of nitrogens with zero attached hydrogens (tertiary/aromatic N) is 2. The summed E-state index contributed by atoms with van der Waals surface area (Å²) in [4.78, 5) is 20.8. The lowest BCUT2D eigenvalue weighted by atomic mass is 9.98. The van der Waals surface area contributed by atoms with Crippen LogP contribution in [0, 0.1) is 0 Å². The zero-order valence-electron chi connectivity index (χ0n) is 16.8. The van der Waals surface area contributed by atoms with Gasteiger partial charge in [0.15, 0.2) is 0 Å². The van der Waals surface area contributed by atoms with Crippen molar-refractivity contribution in [3.63, 3.8) is 0 Å². The van der Waals surface area contributed by atoms with E-state index in [-0.39, 0.29) is 5.56 Å². The second-order valence-corrected chi connectivity index (χ2v) is 8.56. The van der Waals surface area contributed by atoms with Crippen LogP contribution in [0.15, 0.2) is 77.6 Å². The lowest BCUT2D eigenvalue weighted by Crippen LogP contribution is -2.48. The molecule has 0 unspecified atom stereocenters. The van der Waals surface area contributed by atoms with E-state index < -0.39 is 0 Å². The van der Waals surface area contributed by atoms with Crippen LogP contribution in [-0.2, 0) is 0 Å². The Balaban J connectivity index is 1.57. The highest BCUT2D eigenvalue weighted by Gasteiger charge is 2.24. The van der Waals surface area contributed by atoms with Crippen molar-refractivity contribution in [2.24, 2.45) is 0 Å². The van der Waals surface area contributed by atoms with E-state index in [9.17, 15) is 4.79 Å². The van der Waals surface area contributed by atoms with Crippen molar-refractivity contribution in [1.82, 2.24) is 4.98 Å². The molecule has 6 heteroatoms. The van der Waals surface area contributed by atoms with Gasteiger partial charge in [0.05, 0.1) is 0 Å². The van der Waals surface area contributed by atoms with E-state index in [1.54, 1.807) is 6.07 Å². The van der Waals surface area contributed by atoms with E-state index >= 15 is 0 Å². The number of hydrogen-bond acceptors (Lipinski definition) is 3. The van der Waals surface area contributed by atoms with E-state index in [1.807, 2.05) is 60.7 Å². The number of fused-ring (bicyclic) bond motifs is 1. The van der Waals surface area contributed by atoms with Crippen molar-refractivity contribution in [2.75, 3.05) is 36.0 Å². The highest BCUT2D eigenvalue weighted by atomic mass is 35.5. The largest absolute Gasteiger partial charge is 0.368 e. The fourth-order valence-electron chi connectivity index (χ4n) is 4.31. The molecule has 0 amide bonds. The Labute approximate surface area is 190 Å². The quantitative estimate of drug-likeness (QED) is 0.427. The number of benzene rings is 3. The number of rotatable bonds is 3. The van der Waals surface area contributed by atoms with E-state index in [0.29, 0.717) is 10.7 Å². The van der Waals surface area contributed by atoms with Crippen LogP contribution in [0.2, 0.25) is 10.0 Å². The Morgan fingerprint density at radius 1 is 0.742 bits per heavy atom. The Morgan fingerprint density at radius 3 is 2.19 bits per heavy atom. The molecule has 31 heavy (non-hydrogen) atoms. The summed E-state index contributed by atoms with van der Waals surface area (Å²) >= 11 is 12.5. The molecule has 2 heterocycles. The predicted octanol–water partition coefficient (Wildman–Crippen LogP) is 5.83. The molecule has 1 N–H and O–H groups in total. The maximum Gasteiger partial charge on any atom is 0.272 e. The fraction of sp³-hybridized carbons (Fsp3) is 0.160. The number of piperazine rings is 1. The molecular weight excluding hydrogens is 429 g/mol. The van der Waals surface area contributed by atoms with Gasteiger partial charge in [-0.3, -0.25) is 4.79 Å². The zero-order valence-corrected chi connectivity index (χ0v) is 18.3. The van der Waals surface area contributed by atoms with Gasteiger partial charge in [-0.2, -0.15) is 0 Å². The lowest BCUT2D eigenvalue weighted by molar-refractivity contribution is 0.652. The third-order valence-electron chi connectivity index (χ3n) is 5.78. The van der Waals surface area contributed by atoms with Crippen LogP contribution in [-0.4, -0.2) is 31.2 Å². The van der Waals surface area contributed by atoms with Crippen molar-refractivity contribution in [3.05, 3.63) is 93.2 Å². The molecule has 0 radical (unpaired) electrons. The number of halogens is 2. The standard InChI is InChI=1S/C25H21Cl2N3O/c26-18-7-4-8-20(15-18)29-11-13-30(14-12-29)24-23(17-5-2-1-3-6-17)21-16-19(27)9-10-22(21)28-25(24)31/h1-10,15-16H,11-14H2,(H,28,31). The number of nitrogens with one attached hydrogen (secondary N) is 1. The molecule has 1 aliphatic rings. The molecule has 5 rings (SSSR count). The molecule has 1 saturated heterocycles. The van der Waals surface area contributed by atoms with Crippen molar-refractivity contribution >= 4 is 45.5 Å². The molecule has 0 atom stereocenters. The minimum Gasteiger partial charge on any atom is -0.368 e. The SMILES string of the molecule is O=c1[nH]c2ccc(Cl)cc2c(-c2ccccc2)c1N1CCN(c2cccc(Cl)c2)CC1. The number of aromatic nitrogens is 1. The molecule has 4 nitrogen and oxygen atoms in total. The Morgan fingerprint density at radius 2 is 1.45 bits per heavy atom. The molecule has 1 aromatic heterocycles. The average Bonchev–Trinajstić information content (AvgIpc) is 2.79. The van der Waals surface area contributed by atoms with Gasteiger partial charge in [-0.15, -0.1) is 0 Å². The molecule has 156 valence electrons. The normalized spacial score (nSPS) is 14.3. The summed E-state index contributed by atoms with van der Waals surface area (Å²) < 4.78 is 0. The van der Waals surface area contributed by atoms with Crippen molar-refractivity contribution in [1.29, 1.82) is 0 Å². The molecular formula is C25H21Cl2N3O. The van der Waals surface area contributed by atoms with Gasteiger partial charge < -0.3 is 14.8 Å². The lowest BCUT2D eigenvalue weighted by Gasteiger charge is -2.38. The maximum atomic E-state index is 13.2. The van der Waals surface area contributed by atoms with Gasteiger partial charge in [-0.05, 0) is 42.0 Å². The van der Waals surface area contributed by atoms with E-state index in [0.717, 1.165) is 58.9 Å². The van der Waals surface area contributed by atoms with Gasteiger partial charge in [-0.25, -0.2) is 0 Å². The number of hydrogen-bond donors (Lipinski definition) is 1. The fourth-order valence-corrected chi connectivity index (χ4v) is 4.67. The van der Waals surface area contributed by atoms with Crippen molar-refractivity contribution in [3.8, 4) is 11.1 Å². The van der Waals surface area contributed by atoms with E-state index in [4.69, 9.17) is 23.2 Å². The zero-order chi connectivity index (χ0) is 21.4. The number of aromatic amines is 1. The van der Waals surface area contributed by atoms with Crippen LogP contribution >= 0.6 is 23.2 Å². The Bertz CT molecular complexity index is 1300. The highest BCUT2D eigenvalue weighted by molar-refractivity contribution is 6.31. The number of anilines is 2. The first kappa shape index (κ1) is 20.0. The first-order valence-electron chi connectivity index (χ1n) is 10.3. The molecule has 3 aromatic carbocycles. The molecule has 1 fully saturated rings. The van der Waals surface area contributed by atoms with E-state index in [1.165, 1.54) is 0 Å². The van der Waals surface area contributed by atoms with Gasteiger partial charge >= 0.3 is 0 Å². The topological polar surface area (TPSA) is 39.3 Å². The summed E-state index contributed by atoms with van der Waals surface area (Å²) in [6.07, 6.45) is 0. The summed E-state index contributed by atoms with van der Waals surface area (Å²) in [5.74, 6) is 0. The van der Waals surface area contributed by atoms with Crippen LogP contribution < -0.4 is 15.4 Å². The van der Waals surface area contributed by atoms with Crippen molar-refractivity contribution < 1.29 is 0 Å². The highest BCUT2D eigenvalue weighted by Crippen LogP contribution is 2.36. The maximum absolute atomic E-state index is 13.2. The van der Waals surface area contributed by atoms with Gasteiger partial charge in [0.1, 0.15) is 5.69 Å². The smallest absolute Gasteiger partial charge is 0.272 e. The molecule has 0 saturated carbocycles. The van der Waals surface area contributed by atoms with Gasteiger partial charge in [0, 0.05) is 58.4 Å². The number of pyridine rings is 1. The number of H-pyrrole nitrogens is 1. The first-order valence-corrected chi connectivity index (χ1v) is 11.0. The molecule has 0 spiro atoms. The third kappa shape index (κ3) is 3.89. The summed E-state index contributed by atoms with van der Waals surface area (Å²) in [7, 11) is 0. The summed E-state index contributed by atoms with van der Waals surface area (Å²) in [5, 5.41) is 2.33. The van der Waals surface area contributed by atoms with Crippen LogP contribution in [0.4, 0.5) is 11.4 Å². The molecule has 0 bridgehead atoms. The Kier molecular flexibility index (Phi) is 5.34. The third-order valence-corrected chi connectivity index (χ3v) is 6.25. The minimum atomic E-state index is -0.0788. The van der Waals surface area contributed by atoms with Crippen molar-refractivity contribution in [2.45, 2.75) is 0 Å². The second-order valence-electron chi connectivity index (χ2n) is 7.69. The van der Waals surface area contributed by atoms with E-state index in [2.05, 4.69) is 20.9 Å². The van der Waals surface area contributed by atoms with Gasteiger partial charge in [0.2, 0.25) is 0 Å². The predicted molar refractivity (Wildman–Crippen MR) is 131 cm³/mol. The van der Waals surface area contributed by atoms with Crippen LogP contribution in [0.5, 0.6) is 0 Å². The van der Waals surface area contributed by atoms with Crippen LogP contribution in [0.1, 0.15) is 0 Å². The molecule has 1 aliphatic heterocycles. The average molecular weight is 450 g/mol. The molecule has 0 aliphatic carbocycles. The Hall–Kier alpha value is -2.95. The van der Waals surface area contributed by atoms with Crippen LogP contribution in [0.3, 0.4) is 0 Å². The first-order chi connectivity index (χ1) is 15.1. The monoisotopic (exact) mass is 449 g/mol. The second kappa shape index (κ2) is 8.29. The summed E-state index contributed by atoms with van der Waals surface area (Å²) in [5.41, 5.74) is 4.45.